The molecule has 0 aliphatic carbocycles. The topological polar surface area (TPSA) is 172 Å². The number of hydrogen-bond acceptors (Lipinski definition) is 13. The molecule has 0 radical (unpaired) electrons. The van der Waals surface area contributed by atoms with Crippen molar-refractivity contribution in [3.63, 3.8) is 0 Å². The molecule has 0 aliphatic heterocycles. The lowest BCUT2D eigenvalue weighted by Crippen LogP contribution is -2.30. The molecule has 16 heteroatoms. The van der Waals surface area contributed by atoms with E-state index in [0.717, 1.165) is 4.90 Å². The molecule has 0 aliphatic rings. The number of aromatic nitrogens is 6. The fraction of sp³-hybridized carbons (Fsp3) is 0.172. The number of benzene rings is 1. The van der Waals surface area contributed by atoms with E-state index < -0.39 is 10.2 Å². The van der Waals surface area contributed by atoms with E-state index >= 15 is 0 Å². The van der Waals surface area contributed by atoms with Gasteiger partial charge in [0.2, 0.25) is 5.75 Å². The van der Waals surface area contributed by atoms with Crippen LogP contribution in [0.1, 0.15) is 5.69 Å². The molecule has 0 saturated heterocycles. The average Bonchev–Trinajstić information content (AvgIpc) is 3.08. The molecule has 45 heavy (non-hydrogen) atoms. The number of nitrogens with one attached hydrogen (secondary N) is 2. The summed E-state index contributed by atoms with van der Waals surface area (Å²) in [6.07, 6.45) is 9.92. The summed E-state index contributed by atoms with van der Waals surface area (Å²) < 4.78 is 54.7. The molecule has 0 unspecified atom stereocenters. The van der Waals surface area contributed by atoms with Crippen LogP contribution < -0.4 is 28.4 Å². The molecule has 4 heterocycles. The molecule has 232 valence electrons. The number of para-hydroxylation sites is 2. The van der Waals surface area contributed by atoms with Gasteiger partial charge in [-0.05, 0) is 42.7 Å². The maximum absolute atomic E-state index is 13.2. The predicted molar refractivity (Wildman–Crippen MR) is 167 cm³/mol. The molecule has 14 nitrogen and oxygen atoms in total. The minimum Gasteiger partial charge on any atom is -0.493 e. The Hall–Kier alpha value is -5.06. The lowest BCUT2D eigenvalue weighted by molar-refractivity contribution is 0.197. The third-order valence-electron chi connectivity index (χ3n) is 5.85. The highest BCUT2D eigenvalue weighted by Crippen LogP contribution is 2.41. The van der Waals surface area contributed by atoms with Gasteiger partial charge in [0.1, 0.15) is 13.2 Å². The number of nitrogens with zero attached hydrogens (tertiary/aromatic N) is 6. The molecule has 5 aromatic rings. The van der Waals surface area contributed by atoms with Crippen LogP contribution in [0.25, 0.3) is 11.4 Å². The highest BCUT2D eigenvalue weighted by molar-refractivity contribution is 7.98. The second kappa shape index (κ2) is 15.1. The predicted octanol–water partition coefficient (Wildman–Crippen LogP) is 4.15. The standard InChI is InChI=1S/C29H28N8O6S2/c1-40-23-8-3-4-9-24(23)43-25-27(37-45(38,39)34-17-21-7-5-6-12-31-21)35-26(20-10-13-30-14-11-20)36-28(25)41-15-16-42-29-32-18-22(44-2)19-33-29/h3-14,18-19,34H,15-17H2,1-2H3,(H,35,36,37). The fourth-order valence-corrected chi connectivity index (χ4v) is 4.84. The van der Waals surface area contributed by atoms with Gasteiger partial charge in [0.05, 0.1) is 19.3 Å². The zero-order valence-corrected chi connectivity index (χ0v) is 25.8. The van der Waals surface area contributed by atoms with Crippen LogP contribution in [0.4, 0.5) is 5.82 Å². The highest BCUT2D eigenvalue weighted by atomic mass is 32.2. The number of hydrogen-bond donors (Lipinski definition) is 2. The molecule has 0 saturated carbocycles. The third kappa shape index (κ3) is 8.75. The Kier molecular flexibility index (Phi) is 10.5. The van der Waals surface area contributed by atoms with Gasteiger partial charge < -0.3 is 18.9 Å². The van der Waals surface area contributed by atoms with Crippen LogP contribution in [0.5, 0.6) is 29.1 Å². The summed E-state index contributed by atoms with van der Waals surface area (Å²) >= 11 is 1.51. The van der Waals surface area contributed by atoms with Crippen molar-refractivity contribution in [2.75, 3.05) is 31.3 Å². The van der Waals surface area contributed by atoms with Crippen molar-refractivity contribution in [1.29, 1.82) is 0 Å². The first-order valence-corrected chi connectivity index (χ1v) is 16.1. The van der Waals surface area contributed by atoms with Gasteiger partial charge >= 0.3 is 16.2 Å². The molecule has 2 N–H and O–H groups in total. The second-order valence-electron chi connectivity index (χ2n) is 8.87. The van der Waals surface area contributed by atoms with Crippen molar-refractivity contribution in [2.45, 2.75) is 11.4 Å². The van der Waals surface area contributed by atoms with Gasteiger partial charge in [-0.2, -0.15) is 18.1 Å². The Labute approximate surface area is 263 Å². The average molecular weight is 649 g/mol. The molecule has 0 fully saturated rings. The summed E-state index contributed by atoms with van der Waals surface area (Å²) in [7, 11) is -2.71. The Morgan fingerprint density at radius 1 is 0.844 bits per heavy atom. The molecule has 0 amide bonds. The number of thioether (sulfide) groups is 1. The summed E-state index contributed by atoms with van der Waals surface area (Å²) in [6, 6.07) is 15.6. The van der Waals surface area contributed by atoms with Gasteiger partial charge in [-0.25, -0.2) is 15.0 Å². The molecule has 0 bridgehead atoms. The van der Waals surface area contributed by atoms with Gasteiger partial charge in [-0.15, -0.1) is 11.8 Å². The quantitative estimate of drug-likeness (QED) is 0.123. The SMILES string of the molecule is COc1ccccc1Oc1c(NS(=O)(=O)NCc2ccccn2)nc(-c2ccncc2)nc1OCCOc1ncc(SC)cn1. The number of ether oxygens (including phenoxy) is 4. The molecule has 1 aromatic carbocycles. The maximum atomic E-state index is 13.2. The Morgan fingerprint density at radius 3 is 2.29 bits per heavy atom. The van der Waals surface area contributed by atoms with Crippen molar-refractivity contribution in [3.8, 4) is 40.5 Å². The smallest absolute Gasteiger partial charge is 0.316 e. The number of methoxy groups -OCH3 is 1. The highest BCUT2D eigenvalue weighted by Gasteiger charge is 2.24. The Morgan fingerprint density at radius 2 is 1.58 bits per heavy atom. The molecular formula is C29H28N8O6S2. The van der Waals surface area contributed by atoms with Crippen molar-refractivity contribution >= 4 is 27.8 Å². The lowest BCUT2D eigenvalue weighted by atomic mass is 10.2. The van der Waals surface area contributed by atoms with Crippen molar-refractivity contribution < 1.29 is 27.4 Å². The van der Waals surface area contributed by atoms with E-state index in [4.69, 9.17) is 18.9 Å². The first-order valence-electron chi connectivity index (χ1n) is 13.4. The minimum absolute atomic E-state index is 0.0210. The van der Waals surface area contributed by atoms with E-state index in [1.54, 1.807) is 85.6 Å². The zero-order chi connectivity index (χ0) is 31.5. The van der Waals surface area contributed by atoms with Crippen LogP contribution in [0.15, 0.2) is 90.5 Å². The van der Waals surface area contributed by atoms with Crippen molar-refractivity contribution in [3.05, 3.63) is 91.3 Å². The van der Waals surface area contributed by atoms with Gasteiger partial charge in [-0.3, -0.25) is 14.7 Å². The van der Waals surface area contributed by atoms with Crippen LogP contribution in [-0.2, 0) is 16.8 Å². The number of pyridine rings is 2. The van der Waals surface area contributed by atoms with Gasteiger partial charge in [0, 0.05) is 41.4 Å². The Bertz CT molecular complexity index is 1800. The van der Waals surface area contributed by atoms with E-state index in [1.165, 1.54) is 18.9 Å². The van der Waals surface area contributed by atoms with Gasteiger partial charge in [0.25, 0.3) is 5.88 Å². The van der Waals surface area contributed by atoms with Crippen LogP contribution in [0.3, 0.4) is 0 Å². The van der Waals surface area contributed by atoms with Crippen molar-refractivity contribution in [2.24, 2.45) is 0 Å². The molecule has 0 atom stereocenters. The van der Waals surface area contributed by atoms with Crippen LogP contribution >= 0.6 is 11.8 Å². The monoisotopic (exact) mass is 648 g/mol. The van der Waals surface area contributed by atoms with E-state index in [-0.39, 0.29) is 54.8 Å². The van der Waals surface area contributed by atoms with E-state index in [1.807, 2.05) is 6.26 Å². The van der Waals surface area contributed by atoms with Crippen molar-refractivity contribution in [1.82, 2.24) is 34.6 Å². The summed E-state index contributed by atoms with van der Waals surface area (Å²) in [5.74, 6) is 0.444. The van der Waals surface area contributed by atoms with Crippen LogP contribution in [0.2, 0.25) is 0 Å². The number of rotatable bonds is 15. The normalized spacial score (nSPS) is 11.1. The van der Waals surface area contributed by atoms with E-state index in [0.29, 0.717) is 17.0 Å². The molecular weight excluding hydrogens is 621 g/mol. The summed E-state index contributed by atoms with van der Waals surface area (Å²) in [5.41, 5.74) is 1.07. The largest absolute Gasteiger partial charge is 0.493 e. The lowest BCUT2D eigenvalue weighted by Gasteiger charge is -2.18. The molecule has 0 spiro atoms. The Balaban J connectivity index is 1.48. The van der Waals surface area contributed by atoms with E-state index in [2.05, 4.69) is 39.3 Å². The summed E-state index contributed by atoms with van der Waals surface area (Å²) in [4.78, 5) is 26.5. The van der Waals surface area contributed by atoms with Gasteiger partial charge in [0.15, 0.2) is 23.1 Å². The zero-order valence-electron chi connectivity index (χ0n) is 24.2. The summed E-state index contributed by atoms with van der Waals surface area (Å²) in [5, 5.41) is 0. The summed E-state index contributed by atoms with van der Waals surface area (Å²) in [6.45, 7) is -0.0390. The number of anilines is 1. The maximum Gasteiger partial charge on any atom is 0.316 e. The second-order valence-corrected chi connectivity index (χ2v) is 11.2. The van der Waals surface area contributed by atoms with E-state index in [9.17, 15) is 8.42 Å². The minimum atomic E-state index is -4.20. The van der Waals surface area contributed by atoms with Gasteiger partial charge in [-0.1, -0.05) is 18.2 Å². The first kappa shape index (κ1) is 31.4. The molecule has 4 aromatic heterocycles. The first-order chi connectivity index (χ1) is 21.9. The van der Waals surface area contributed by atoms with Crippen LogP contribution in [-0.4, -0.2) is 64.9 Å². The third-order valence-corrected chi connectivity index (χ3v) is 7.52. The van der Waals surface area contributed by atoms with Crippen LogP contribution in [0, 0.1) is 0 Å². The fourth-order valence-electron chi connectivity index (χ4n) is 3.72. The molecule has 5 rings (SSSR count).